The molecule has 0 bridgehead atoms. The van der Waals surface area contributed by atoms with Gasteiger partial charge in [0.25, 0.3) is 0 Å². The molecule has 0 aromatic heterocycles. The average Bonchev–Trinajstić information content (AvgIpc) is 2.19. The van der Waals surface area contributed by atoms with E-state index in [4.69, 9.17) is 16.7 Å². The summed E-state index contributed by atoms with van der Waals surface area (Å²) in [6, 6.07) is 4.99. The Morgan fingerprint density at radius 2 is 2.06 bits per heavy atom. The number of benzene rings is 1. The molecule has 2 N–H and O–H groups in total. The van der Waals surface area contributed by atoms with E-state index in [2.05, 4.69) is 5.32 Å². The lowest BCUT2D eigenvalue weighted by molar-refractivity contribution is -0.136. The van der Waals surface area contributed by atoms with Crippen LogP contribution < -0.4 is 5.32 Å². The number of hydrogen-bond acceptors (Lipinski definition) is 2. The number of nitrogens with one attached hydrogen (secondary N) is 1. The molecular formula is C11H12ClNO3. The van der Waals surface area contributed by atoms with Crippen molar-refractivity contribution in [3.05, 3.63) is 29.3 Å². The van der Waals surface area contributed by atoms with Gasteiger partial charge in [0, 0.05) is 12.6 Å². The van der Waals surface area contributed by atoms with Crippen LogP contribution in [0.5, 0.6) is 0 Å². The van der Waals surface area contributed by atoms with Gasteiger partial charge in [-0.05, 0) is 30.2 Å². The van der Waals surface area contributed by atoms with E-state index in [0.717, 1.165) is 5.56 Å². The maximum atomic E-state index is 10.9. The van der Waals surface area contributed by atoms with E-state index in [1.165, 1.54) is 6.92 Å². The van der Waals surface area contributed by atoms with Crippen LogP contribution in [-0.4, -0.2) is 17.0 Å². The van der Waals surface area contributed by atoms with Crippen molar-refractivity contribution >= 4 is 29.2 Å². The van der Waals surface area contributed by atoms with Gasteiger partial charge >= 0.3 is 5.97 Å². The van der Waals surface area contributed by atoms with Crippen LogP contribution >= 0.6 is 11.6 Å². The predicted octanol–water partition coefficient (Wildman–Crippen LogP) is 2.32. The summed E-state index contributed by atoms with van der Waals surface area (Å²) in [5, 5.41) is 10.3. The minimum atomic E-state index is -1.11. The molecule has 0 aliphatic rings. The highest BCUT2D eigenvalue weighted by Crippen LogP contribution is 2.26. The fourth-order valence-corrected chi connectivity index (χ4v) is 1.56. The Kier molecular flexibility index (Phi) is 3.90. The number of aryl methyl sites for hydroxylation is 1. The Labute approximate surface area is 98.2 Å². The molecular weight excluding hydrogens is 230 g/mol. The molecule has 0 radical (unpaired) electrons. The van der Waals surface area contributed by atoms with Crippen molar-refractivity contribution in [1.82, 2.24) is 0 Å². The number of carboxylic acid groups (broad SMARTS) is 1. The molecule has 1 aromatic rings. The normalized spacial score (nSPS) is 11.9. The second-order valence-electron chi connectivity index (χ2n) is 3.45. The standard InChI is InChI=1S/C11H12ClNO3/c1-6-3-4-8(13-7(2)14)5-9(6)10(12)11(15)16/h3-5,10H,1-2H3,(H,13,14)(H,15,16). The average molecular weight is 242 g/mol. The van der Waals surface area contributed by atoms with Gasteiger partial charge in [-0.15, -0.1) is 11.6 Å². The Morgan fingerprint density at radius 1 is 1.44 bits per heavy atom. The van der Waals surface area contributed by atoms with Gasteiger partial charge < -0.3 is 10.4 Å². The largest absolute Gasteiger partial charge is 0.480 e. The molecule has 0 aliphatic heterocycles. The zero-order chi connectivity index (χ0) is 12.3. The van der Waals surface area contributed by atoms with E-state index in [0.29, 0.717) is 11.3 Å². The third-order valence-electron chi connectivity index (χ3n) is 2.09. The van der Waals surface area contributed by atoms with Crippen molar-refractivity contribution in [2.24, 2.45) is 0 Å². The van der Waals surface area contributed by atoms with Gasteiger partial charge in [-0.25, -0.2) is 0 Å². The summed E-state index contributed by atoms with van der Waals surface area (Å²) in [6.07, 6.45) is 0. The first-order valence-corrected chi connectivity index (χ1v) is 5.10. The fraction of sp³-hybridized carbons (Fsp3) is 0.273. The number of aliphatic carboxylic acids is 1. The monoisotopic (exact) mass is 241 g/mol. The highest BCUT2D eigenvalue weighted by atomic mass is 35.5. The summed E-state index contributed by atoms with van der Waals surface area (Å²) in [5.41, 5.74) is 1.80. The van der Waals surface area contributed by atoms with Gasteiger partial charge in [0.2, 0.25) is 5.91 Å². The van der Waals surface area contributed by atoms with Gasteiger partial charge in [-0.2, -0.15) is 0 Å². The number of halogens is 1. The molecule has 0 saturated heterocycles. The number of rotatable bonds is 3. The lowest BCUT2D eigenvalue weighted by atomic mass is 10.0. The lowest BCUT2D eigenvalue weighted by Gasteiger charge is -2.11. The number of amides is 1. The molecule has 1 unspecified atom stereocenters. The summed E-state index contributed by atoms with van der Waals surface area (Å²) in [5.74, 6) is -1.32. The zero-order valence-electron chi connectivity index (χ0n) is 8.95. The minimum Gasteiger partial charge on any atom is -0.480 e. The molecule has 1 amide bonds. The number of carboxylic acids is 1. The van der Waals surface area contributed by atoms with Crippen LogP contribution in [0.4, 0.5) is 5.69 Å². The van der Waals surface area contributed by atoms with Crippen molar-refractivity contribution in [2.45, 2.75) is 19.2 Å². The molecule has 86 valence electrons. The maximum Gasteiger partial charge on any atom is 0.326 e. The van der Waals surface area contributed by atoms with Crippen LogP contribution in [-0.2, 0) is 9.59 Å². The second-order valence-corrected chi connectivity index (χ2v) is 3.89. The molecule has 1 aromatic carbocycles. The van der Waals surface area contributed by atoms with Crippen LogP contribution in [0, 0.1) is 6.92 Å². The van der Waals surface area contributed by atoms with E-state index >= 15 is 0 Å². The Balaban J connectivity index is 3.08. The molecule has 0 saturated carbocycles. The predicted molar refractivity (Wildman–Crippen MR) is 61.7 cm³/mol. The first-order chi connectivity index (χ1) is 7.41. The molecule has 4 nitrogen and oxygen atoms in total. The van der Waals surface area contributed by atoms with E-state index < -0.39 is 11.3 Å². The molecule has 0 aliphatic carbocycles. The molecule has 0 heterocycles. The summed E-state index contributed by atoms with van der Waals surface area (Å²) in [7, 11) is 0. The number of hydrogen-bond donors (Lipinski definition) is 2. The molecule has 0 spiro atoms. The quantitative estimate of drug-likeness (QED) is 0.798. The van der Waals surface area contributed by atoms with Gasteiger partial charge in [0.05, 0.1) is 0 Å². The first kappa shape index (κ1) is 12.5. The van der Waals surface area contributed by atoms with Crippen LogP contribution in [0.15, 0.2) is 18.2 Å². The Morgan fingerprint density at radius 3 is 2.56 bits per heavy atom. The summed E-state index contributed by atoms with van der Waals surface area (Å²) >= 11 is 5.74. The van der Waals surface area contributed by atoms with Crippen molar-refractivity contribution in [2.75, 3.05) is 5.32 Å². The van der Waals surface area contributed by atoms with E-state index in [1.54, 1.807) is 25.1 Å². The van der Waals surface area contributed by atoms with Gasteiger partial charge in [0.1, 0.15) is 0 Å². The van der Waals surface area contributed by atoms with E-state index in [9.17, 15) is 9.59 Å². The Bertz CT molecular complexity index is 431. The topological polar surface area (TPSA) is 66.4 Å². The number of carbonyl (C=O) groups is 2. The Hall–Kier alpha value is -1.55. The number of anilines is 1. The molecule has 1 atom stereocenters. The molecule has 5 heteroatoms. The van der Waals surface area contributed by atoms with Crippen molar-refractivity contribution in [3.8, 4) is 0 Å². The molecule has 16 heavy (non-hydrogen) atoms. The van der Waals surface area contributed by atoms with Crippen molar-refractivity contribution in [1.29, 1.82) is 0 Å². The minimum absolute atomic E-state index is 0.212. The maximum absolute atomic E-state index is 10.9. The van der Waals surface area contributed by atoms with Crippen LogP contribution in [0.3, 0.4) is 0 Å². The molecule has 1 rings (SSSR count). The van der Waals surface area contributed by atoms with Crippen LogP contribution in [0.1, 0.15) is 23.4 Å². The third-order valence-corrected chi connectivity index (χ3v) is 2.51. The highest BCUT2D eigenvalue weighted by Gasteiger charge is 2.18. The van der Waals surface area contributed by atoms with Gasteiger partial charge in [0.15, 0.2) is 5.38 Å². The SMILES string of the molecule is CC(=O)Nc1ccc(C)c(C(Cl)C(=O)O)c1. The zero-order valence-corrected chi connectivity index (χ0v) is 9.71. The van der Waals surface area contributed by atoms with Gasteiger partial charge in [-0.1, -0.05) is 6.07 Å². The number of carbonyl (C=O) groups excluding carboxylic acids is 1. The summed E-state index contributed by atoms with van der Waals surface area (Å²) < 4.78 is 0. The highest BCUT2D eigenvalue weighted by molar-refractivity contribution is 6.29. The summed E-state index contributed by atoms with van der Waals surface area (Å²) in [6.45, 7) is 3.15. The number of alkyl halides is 1. The summed E-state index contributed by atoms with van der Waals surface area (Å²) in [4.78, 5) is 21.6. The fourth-order valence-electron chi connectivity index (χ4n) is 1.33. The first-order valence-electron chi connectivity index (χ1n) is 4.67. The smallest absolute Gasteiger partial charge is 0.326 e. The van der Waals surface area contributed by atoms with Gasteiger partial charge in [-0.3, -0.25) is 9.59 Å². The third kappa shape index (κ3) is 2.97. The van der Waals surface area contributed by atoms with Crippen LogP contribution in [0.2, 0.25) is 0 Å². The lowest BCUT2D eigenvalue weighted by Crippen LogP contribution is -2.09. The van der Waals surface area contributed by atoms with Crippen molar-refractivity contribution < 1.29 is 14.7 Å². The van der Waals surface area contributed by atoms with E-state index in [1.807, 2.05) is 0 Å². The molecule has 0 fully saturated rings. The van der Waals surface area contributed by atoms with Crippen molar-refractivity contribution in [3.63, 3.8) is 0 Å². The van der Waals surface area contributed by atoms with E-state index in [-0.39, 0.29) is 5.91 Å². The second kappa shape index (κ2) is 4.99. The van der Waals surface area contributed by atoms with Crippen LogP contribution in [0.25, 0.3) is 0 Å².